The van der Waals surface area contributed by atoms with Gasteiger partial charge in [-0.15, -0.1) is 0 Å². The van der Waals surface area contributed by atoms with Crippen LogP contribution in [0.4, 0.5) is 0 Å². The maximum atomic E-state index is 2.47. The second kappa shape index (κ2) is 7.28. The number of hydrogen-bond donors (Lipinski definition) is 0. The van der Waals surface area contributed by atoms with Gasteiger partial charge in [0.05, 0.1) is 0 Å². The fourth-order valence-corrected chi connectivity index (χ4v) is 2.40. The lowest BCUT2D eigenvalue weighted by molar-refractivity contribution is 0.226. The first-order chi connectivity index (χ1) is 6.54. The predicted octanol–water partition coefficient (Wildman–Crippen LogP) is 3.93. The molecule has 0 saturated heterocycles. The van der Waals surface area contributed by atoms with Gasteiger partial charge in [0, 0.05) is 0 Å². The van der Waals surface area contributed by atoms with Crippen LogP contribution in [0.2, 0.25) is 0 Å². The van der Waals surface area contributed by atoms with Crippen molar-refractivity contribution in [3.8, 4) is 0 Å². The molecule has 0 aromatic rings. The first-order valence-corrected chi connectivity index (χ1v) is 6.19. The van der Waals surface area contributed by atoms with E-state index in [-0.39, 0.29) is 0 Å². The Bertz CT molecular complexity index is 123. The predicted molar refractivity (Wildman–Crippen MR) is 65.7 cm³/mol. The molecule has 0 rings (SSSR count). The number of hydrogen-bond acceptors (Lipinski definition) is 1. The Morgan fingerprint density at radius 1 is 0.929 bits per heavy atom. The normalized spacial score (nSPS) is 12.4. The summed E-state index contributed by atoms with van der Waals surface area (Å²) in [6, 6.07) is 0. The minimum atomic E-state index is 0.611. The van der Waals surface area contributed by atoms with Crippen LogP contribution >= 0.6 is 0 Å². The first kappa shape index (κ1) is 14.0. The van der Waals surface area contributed by atoms with Crippen LogP contribution in [0.5, 0.6) is 0 Å². The minimum Gasteiger partial charge on any atom is -0.309 e. The number of nitrogens with zero attached hydrogens (tertiary/aromatic N) is 1. The van der Waals surface area contributed by atoms with Crippen LogP contribution in [-0.2, 0) is 0 Å². The highest BCUT2D eigenvalue weighted by atomic mass is 15.0. The van der Waals surface area contributed by atoms with Crippen LogP contribution < -0.4 is 0 Å². The summed E-state index contributed by atoms with van der Waals surface area (Å²) < 4.78 is 0. The van der Waals surface area contributed by atoms with Crippen LogP contribution in [0.3, 0.4) is 0 Å². The molecule has 0 atom stereocenters. The van der Waals surface area contributed by atoms with E-state index in [2.05, 4.69) is 39.8 Å². The molecule has 14 heavy (non-hydrogen) atoms. The van der Waals surface area contributed by atoms with Crippen molar-refractivity contribution >= 4 is 0 Å². The molecular weight excluding hydrogens is 170 g/mol. The molecule has 86 valence electrons. The van der Waals surface area contributed by atoms with Gasteiger partial charge < -0.3 is 4.90 Å². The molecule has 0 aliphatic heterocycles. The summed E-state index contributed by atoms with van der Waals surface area (Å²) in [7, 11) is 4.33. The van der Waals surface area contributed by atoms with E-state index in [1.165, 1.54) is 45.1 Å². The van der Waals surface area contributed by atoms with Crippen molar-refractivity contribution in [2.45, 2.75) is 59.3 Å². The third kappa shape index (κ3) is 6.42. The van der Waals surface area contributed by atoms with Crippen molar-refractivity contribution in [2.75, 3.05) is 20.6 Å². The largest absolute Gasteiger partial charge is 0.309 e. The van der Waals surface area contributed by atoms with Gasteiger partial charge in [-0.05, 0) is 51.7 Å². The topological polar surface area (TPSA) is 3.24 Å². The van der Waals surface area contributed by atoms with Gasteiger partial charge in [-0.3, -0.25) is 0 Å². The average molecular weight is 199 g/mol. The zero-order valence-corrected chi connectivity index (χ0v) is 10.9. The van der Waals surface area contributed by atoms with E-state index in [4.69, 9.17) is 0 Å². The SMILES string of the molecule is CCCC(C)(CCC)CCCN(C)C. The Morgan fingerprint density at radius 3 is 1.79 bits per heavy atom. The lowest BCUT2D eigenvalue weighted by atomic mass is 9.77. The summed E-state index contributed by atoms with van der Waals surface area (Å²) in [5, 5.41) is 0. The fraction of sp³-hybridized carbons (Fsp3) is 1.00. The van der Waals surface area contributed by atoms with E-state index < -0.39 is 0 Å². The highest BCUT2D eigenvalue weighted by Crippen LogP contribution is 2.34. The van der Waals surface area contributed by atoms with Gasteiger partial charge >= 0.3 is 0 Å². The van der Waals surface area contributed by atoms with Gasteiger partial charge in [0.2, 0.25) is 0 Å². The molecule has 0 fully saturated rings. The molecule has 0 spiro atoms. The summed E-state index contributed by atoms with van der Waals surface area (Å²) in [5.41, 5.74) is 0.611. The molecule has 1 heteroatoms. The molecule has 0 aromatic heterocycles. The van der Waals surface area contributed by atoms with Crippen molar-refractivity contribution in [3.05, 3.63) is 0 Å². The monoisotopic (exact) mass is 199 g/mol. The van der Waals surface area contributed by atoms with Crippen LogP contribution in [0.1, 0.15) is 59.3 Å². The van der Waals surface area contributed by atoms with Gasteiger partial charge in [0.1, 0.15) is 0 Å². The molecule has 0 saturated carbocycles. The second-order valence-electron chi connectivity index (χ2n) is 5.22. The minimum absolute atomic E-state index is 0.611. The molecule has 0 N–H and O–H groups in total. The molecule has 0 amide bonds. The molecule has 0 aliphatic carbocycles. The molecule has 1 nitrogen and oxygen atoms in total. The Kier molecular flexibility index (Phi) is 7.26. The Hall–Kier alpha value is -0.0400. The highest BCUT2D eigenvalue weighted by Gasteiger charge is 2.21. The van der Waals surface area contributed by atoms with Gasteiger partial charge in [0.25, 0.3) is 0 Å². The zero-order valence-electron chi connectivity index (χ0n) is 10.9. The molecule has 0 heterocycles. The maximum absolute atomic E-state index is 2.47. The van der Waals surface area contributed by atoms with E-state index in [0.717, 1.165) is 0 Å². The maximum Gasteiger partial charge on any atom is -0.00246 e. The lowest BCUT2D eigenvalue weighted by Gasteiger charge is -2.29. The quantitative estimate of drug-likeness (QED) is 0.572. The van der Waals surface area contributed by atoms with E-state index in [9.17, 15) is 0 Å². The third-order valence-electron chi connectivity index (χ3n) is 3.09. The first-order valence-electron chi connectivity index (χ1n) is 6.19. The van der Waals surface area contributed by atoms with Crippen molar-refractivity contribution in [1.29, 1.82) is 0 Å². The summed E-state index contributed by atoms with van der Waals surface area (Å²) in [5.74, 6) is 0. The molecular formula is C13H29N. The Morgan fingerprint density at radius 2 is 1.43 bits per heavy atom. The molecule has 0 unspecified atom stereocenters. The van der Waals surface area contributed by atoms with Crippen molar-refractivity contribution in [2.24, 2.45) is 5.41 Å². The Labute approximate surface area is 90.9 Å². The van der Waals surface area contributed by atoms with Crippen LogP contribution in [0.25, 0.3) is 0 Å². The summed E-state index contributed by atoms with van der Waals surface area (Å²) in [6.07, 6.45) is 8.20. The van der Waals surface area contributed by atoms with Gasteiger partial charge in [-0.25, -0.2) is 0 Å². The second-order valence-corrected chi connectivity index (χ2v) is 5.22. The Balaban J connectivity index is 3.83. The number of rotatable bonds is 8. The van der Waals surface area contributed by atoms with Gasteiger partial charge in [-0.2, -0.15) is 0 Å². The third-order valence-corrected chi connectivity index (χ3v) is 3.09. The molecule has 0 bridgehead atoms. The molecule has 0 radical (unpaired) electrons. The van der Waals surface area contributed by atoms with Gasteiger partial charge in [-0.1, -0.05) is 33.6 Å². The van der Waals surface area contributed by atoms with Crippen LogP contribution in [-0.4, -0.2) is 25.5 Å². The van der Waals surface area contributed by atoms with Crippen molar-refractivity contribution in [1.82, 2.24) is 4.90 Å². The standard InChI is InChI=1S/C13H29N/c1-6-9-13(3,10-7-2)11-8-12-14(4)5/h6-12H2,1-5H3. The summed E-state index contributed by atoms with van der Waals surface area (Å²) in [4.78, 5) is 2.29. The molecule has 0 aromatic carbocycles. The zero-order chi connectivity index (χ0) is 11.0. The van der Waals surface area contributed by atoms with Crippen LogP contribution in [0.15, 0.2) is 0 Å². The fourth-order valence-electron chi connectivity index (χ4n) is 2.40. The van der Waals surface area contributed by atoms with Crippen molar-refractivity contribution < 1.29 is 0 Å². The van der Waals surface area contributed by atoms with Crippen molar-refractivity contribution in [3.63, 3.8) is 0 Å². The lowest BCUT2D eigenvalue weighted by Crippen LogP contribution is -2.20. The van der Waals surface area contributed by atoms with E-state index in [0.29, 0.717) is 5.41 Å². The smallest absolute Gasteiger partial charge is 0.00246 e. The summed E-state index contributed by atoms with van der Waals surface area (Å²) >= 11 is 0. The van der Waals surface area contributed by atoms with E-state index >= 15 is 0 Å². The average Bonchev–Trinajstić information content (AvgIpc) is 2.03. The summed E-state index contributed by atoms with van der Waals surface area (Å²) in [6.45, 7) is 8.32. The van der Waals surface area contributed by atoms with Crippen LogP contribution in [0, 0.1) is 5.41 Å². The van der Waals surface area contributed by atoms with E-state index in [1.54, 1.807) is 0 Å². The van der Waals surface area contributed by atoms with E-state index in [1.807, 2.05) is 0 Å². The highest BCUT2D eigenvalue weighted by molar-refractivity contribution is 4.73. The molecule has 0 aliphatic rings. The van der Waals surface area contributed by atoms with Gasteiger partial charge in [0.15, 0.2) is 0 Å².